The minimum absolute atomic E-state index is 0.176. The predicted molar refractivity (Wildman–Crippen MR) is 142 cm³/mol. The lowest BCUT2D eigenvalue weighted by atomic mass is 10.0. The van der Waals surface area contributed by atoms with Crippen molar-refractivity contribution >= 4 is 40.1 Å². The lowest BCUT2D eigenvalue weighted by Gasteiger charge is -2.12. The molecule has 0 aliphatic rings. The molecule has 0 fully saturated rings. The van der Waals surface area contributed by atoms with Crippen LogP contribution in [0.25, 0.3) is 6.08 Å². The molecule has 0 bridgehead atoms. The quantitative estimate of drug-likeness (QED) is 0.119. The lowest BCUT2D eigenvalue weighted by Crippen LogP contribution is -2.24. The molecular weight excluding hydrogens is 508 g/mol. The fourth-order valence-corrected chi connectivity index (χ4v) is 3.44. The van der Waals surface area contributed by atoms with Crippen LogP contribution >= 0.6 is 15.9 Å². The van der Waals surface area contributed by atoms with Crippen molar-refractivity contribution in [1.82, 2.24) is 5.43 Å². The summed E-state index contributed by atoms with van der Waals surface area (Å²) in [4.78, 5) is 24.5. The molecule has 180 valence electrons. The molecule has 0 aromatic heterocycles. The Morgan fingerprint density at radius 3 is 2.54 bits per heavy atom. The van der Waals surface area contributed by atoms with Crippen molar-refractivity contribution in [3.05, 3.63) is 99.5 Å². The molecular formula is C28H27BrN2O4. The number of hydrazone groups is 1. The molecule has 0 heterocycles. The molecule has 0 saturated heterocycles. The van der Waals surface area contributed by atoms with Crippen LogP contribution in [-0.4, -0.2) is 24.7 Å². The van der Waals surface area contributed by atoms with Crippen molar-refractivity contribution in [2.24, 2.45) is 5.10 Å². The van der Waals surface area contributed by atoms with Gasteiger partial charge in [0.1, 0.15) is 11.5 Å². The zero-order valence-electron chi connectivity index (χ0n) is 19.8. The summed E-state index contributed by atoms with van der Waals surface area (Å²) in [6.07, 6.45) is 4.44. The molecule has 6 nitrogen and oxygen atoms in total. The minimum atomic E-state index is -0.526. The van der Waals surface area contributed by atoms with Gasteiger partial charge in [-0.05, 0) is 59.9 Å². The lowest BCUT2D eigenvalue weighted by molar-refractivity contribution is -0.129. The van der Waals surface area contributed by atoms with Crippen LogP contribution in [0.1, 0.15) is 42.0 Å². The van der Waals surface area contributed by atoms with Crippen LogP contribution in [0.15, 0.2) is 82.4 Å². The van der Waals surface area contributed by atoms with E-state index in [-0.39, 0.29) is 6.61 Å². The standard InChI is InChI=1S/C28H27BrN2O4/c1-19(2)22-11-9-20(3)26(16-22)34-18-27(32)31-30-17-23-15-24(29)12-13-25(23)35-28(33)14-10-21-7-5-4-6-8-21/h4-17,19H,18H2,1-3H3,(H,31,32)/b14-10+,30-17+. The van der Waals surface area contributed by atoms with Gasteiger partial charge >= 0.3 is 5.97 Å². The Morgan fingerprint density at radius 2 is 1.80 bits per heavy atom. The Kier molecular flexibility index (Phi) is 9.38. The van der Waals surface area contributed by atoms with Gasteiger partial charge in [0, 0.05) is 16.1 Å². The van der Waals surface area contributed by atoms with Crippen LogP contribution in [0.2, 0.25) is 0 Å². The number of amides is 1. The minimum Gasteiger partial charge on any atom is -0.483 e. The van der Waals surface area contributed by atoms with Gasteiger partial charge in [0.05, 0.1) is 6.21 Å². The Bertz CT molecular complexity index is 1240. The van der Waals surface area contributed by atoms with Crippen LogP contribution in [0, 0.1) is 6.92 Å². The van der Waals surface area contributed by atoms with Crippen molar-refractivity contribution in [2.45, 2.75) is 26.7 Å². The van der Waals surface area contributed by atoms with Crippen LogP contribution < -0.4 is 14.9 Å². The molecule has 0 unspecified atom stereocenters. The number of esters is 1. The maximum atomic E-state index is 12.3. The van der Waals surface area contributed by atoms with E-state index < -0.39 is 11.9 Å². The van der Waals surface area contributed by atoms with E-state index in [0.717, 1.165) is 21.2 Å². The van der Waals surface area contributed by atoms with E-state index in [1.807, 2.05) is 49.4 Å². The normalized spacial score (nSPS) is 11.2. The predicted octanol–water partition coefficient (Wildman–Crippen LogP) is 6.03. The molecule has 0 spiro atoms. The topological polar surface area (TPSA) is 77.0 Å². The van der Waals surface area contributed by atoms with E-state index in [9.17, 15) is 9.59 Å². The molecule has 7 heteroatoms. The number of rotatable bonds is 9. The molecule has 0 aliphatic carbocycles. The first-order chi connectivity index (χ1) is 16.8. The van der Waals surface area contributed by atoms with Gasteiger partial charge in [0.15, 0.2) is 6.61 Å². The molecule has 0 saturated carbocycles. The Labute approximate surface area is 213 Å². The second-order valence-electron chi connectivity index (χ2n) is 8.11. The summed E-state index contributed by atoms with van der Waals surface area (Å²) < 4.78 is 11.9. The molecule has 0 atom stereocenters. The van der Waals surface area contributed by atoms with Crippen molar-refractivity contribution in [3.8, 4) is 11.5 Å². The third kappa shape index (κ3) is 8.22. The Morgan fingerprint density at radius 1 is 1.03 bits per heavy atom. The van der Waals surface area contributed by atoms with Gasteiger partial charge in [-0.15, -0.1) is 0 Å². The first kappa shape index (κ1) is 25.9. The van der Waals surface area contributed by atoms with Crippen molar-refractivity contribution in [2.75, 3.05) is 6.61 Å². The Hall–Kier alpha value is -3.71. The number of ether oxygens (including phenoxy) is 2. The van der Waals surface area contributed by atoms with Gasteiger partial charge in [0.25, 0.3) is 5.91 Å². The molecule has 1 N–H and O–H groups in total. The number of hydrogen-bond donors (Lipinski definition) is 1. The third-order valence-electron chi connectivity index (χ3n) is 5.02. The summed E-state index contributed by atoms with van der Waals surface area (Å²) in [7, 11) is 0. The van der Waals surface area contributed by atoms with Crippen LogP contribution in [0.4, 0.5) is 0 Å². The van der Waals surface area contributed by atoms with Gasteiger partial charge in [-0.25, -0.2) is 10.2 Å². The van der Waals surface area contributed by atoms with Crippen LogP contribution in [-0.2, 0) is 9.59 Å². The van der Waals surface area contributed by atoms with E-state index in [1.165, 1.54) is 12.3 Å². The zero-order chi connectivity index (χ0) is 25.2. The first-order valence-corrected chi connectivity index (χ1v) is 11.9. The van der Waals surface area contributed by atoms with Gasteiger partial charge in [-0.2, -0.15) is 5.10 Å². The number of halogens is 1. The number of carbonyl (C=O) groups is 2. The smallest absolute Gasteiger partial charge is 0.336 e. The molecule has 3 aromatic rings. The summed E-state index contributed by atoms with van der Waals surface area (Å²) >= 11 is 3.39. The Balaban J connectivity index is 1.59. The van der Waals surface area contributed by atoms with E-state index in [2.05, 4.69) is 46.4 Å². The van der Waals surface area contributed by atoms with Gasteiger partial charge in [-0.3, -0.25) is 4.79 Å². The third-order valence-corrected chi connectivity index (χ3v) is 5.52. The highest BCUT2D eigenvalue weighted by atomic mass is 79.9. The maximum absolute atomic E-state index is 12.3. The summed E-state index contributed by atoms with van der Waals surface area (Å²) in [6.45, 7) is 5.96. The summed E-state index contributed by atoms with van der Waals surface area (Å²) in [5.41, 5.74) is 5.93. The van der Waals surface area contributed by atoms with Gasteiger partial charge in [0.2, 0.25) is 0 Å². The fourth-order valence-electron chi connectivity index (χ4n) is 3.06. The highest BCUT2D eigenvalue weighted by Crippen LogP contribution is 2.24. The van der Waals surface area contributed by atoms with Gasteiger partial charge < -0.3 is 9.47 Å². The molecule has 1 amide bonds. The zero-order valence-corrected chi connectivity index (χ0v) is 21.4. The number of nitrogens with one attached hydrogen (secondary N) is 1. The van der Waals surface area contributed by atoms with E-state index in [1.54, 1.807) is 24.3 Å². The molecule has 0 aliphatic heterocycles. The second-order valence-corrected chi connectivity index (χ2v) is 9.02. The van der Waals surface area contributed by atoms with E-state index in [0.29, 0.717) is 23.0 Å². The first-order valence-electron chi connectivity index (χ1n) is 11.1. The SMILES string of the molecule is Cc1ccc(C(C)C)cc1OCC(=O)N/N=C/c1cc(Br)ccc1OC(=O)/C=C/c1ccccc1. The largest absolute Gasteiger partial charge is 0.483 e. The number of carbonyl (C=O) groups excluding carboxylic acids is 2. The molecule has 3 rings (SSSR count). The highest BCUT2D eigenvalue weighted by Gasteiger charge is 2.09. The molecule has 3 aromatic carbocycles. The second kappa shape index (κ2) is 12.7. The number of benzene rings is 3. The van der Waals surface area contributed by atoms with E-state index >= 15 is 0 Å². The number of aryl methyl sites for hydroxylation is 1. The number of nitrogens with zero attached hydrogens (tertiary/aromatic N) is 1. The molecule has 0 radical (unpaired) electrons. The van der Waals surface area contributed by atoms with Crippen LogP contribution in [0.5, 0.6) is 11.5 Å². The summed E-state index contributed by atoms with van der Waals surface area (Å²) in [6, 6.07) is 20.6. The summed E-state index contributed by atoms with van der Waals surface area (Å²) in [5, 5.41) is 3.99. The monoisotopic (exact) mass is 534 g/mol. The highest BCUT2D eigenvalue weighted by molar-refractivity contribution is 9.10. The number of hydrogen-bond acceptors (Lipinski definition) is 5. The maximum Gasteiger partial charge on any atom is 0.336 e. The van der Waals surface area contributed by atoms with Crippen molar-refractivity contribution in [1.29, 1.82) is 0 Å². The van der Waals surface area contributed by atoms with E-state index in [4.69, 9.17) is 9.47 Å². The average Bonchev–Trinajstić information content (AvgIpc) is 2.84. The van der Waals surface area contributed by atoms with Gasteiger partial charge in [-0.1, -0.05) is 72.2 Å². The van der Waals surface area contributed by atoms with Crippen molar-refractivity contribution < 1.29 is 19.1 Å². The molecule has 35 heavy (non-hydrogen) atoms. The summed E-state index contributed by atoms with van der Waals surface area (Å²) in [5.74, 6) is 0.405. The van der Waals surface area contributed by atoms with Crippen molar-refractivity contribution in [3.63, 3.8) is 0 Å². The fraction of sp³-hybridized carbons (Fsp3) is 0.179. The van der Waals surface area contributed by atoms with Crippen LogP contribution in [0.3, 0.4) is 0 Å². The average molecular weight is 535 g/mol.